The van der Waals surface area contributed by atoms with Gasteiger partial charge < -0.3 is 31.0 Å². The molecule has 0 fully saturated rings. The molecular formula is C15H21N3O3. The van der Waals surface area contributed by atoms with E-state index in [9.17, 15) is 10.2 Å². The molecule has 1 aromatic carbocycles. The van der Waals surface area contributed by atoms with Crippen molar-refractivity contribution in [1.82, 2.24) is 0 Å². The van der Waals surface area contributed by atoms with Crippen LogP contribution in [0.15, 0.2) is 35.1 Å². The van der Waals surface area contributed by atoms with E-state index in [1.807, 2.05) is 17.0 Å². The Labute approximate surface area is 123 Å². The molecule has 6 nitrogen and oxygen atoms in total. The summed E-state index contributed by atoms with van der Waals surface area (Å²) in [4.78, 5) is 1.90. The number of nitrogen functional groups attached to an aromatic ring is 1. The monoisotopic (exact) mass is 291 g/mol. The first-order valence-electron chi connectivity index (χ1n) is 6.83. The van der Waals surface area contributed by atoms with Gasteiger partial charge in [0.1, 0.15) is 0 Å². The van der Waals surface area contributed by atoms with Gasteiger partial charge in [0, 0.05) is 47.7 Å². The summed E-state index contributed by atoms with van der Waals surface area (Å²) in [5.74, 6) is 0. The Balaban J connectivity index is 2.51. The number of rotatable bonds is 7. The van der Waals surface area contributed by atoms with Gasteiger partial charge in [-0.2, -0.15) is 0 Å². The summed E-state index contributed by atoms with van der Waals surface area (Å²) in [6, 6.07) is 5.52. The molecule has 0 atom stereocenters. The van der Waals surface area contributed by atoms with Crippen LogP contribution in [0, 0.1) is 0 Å². The highest BCUT2D eigenvalue weighted by molar-refractivity contribution is 5.82. The van der Waals surface area contributed by atoms with Crippen molar-refractivity contribution in [3.63, 3.8) is 0 Å². The normalized spacial score (nSPS) is 10.8. The largest absolute Gasteiger partial charge is 0.472 e. The zero-order valence-corrected chi connectivity index (χ0v) is 11.8. The summed E-state index contributed by atoms with van der Waals surface area (Å²) in [6.45, 7) is 1.21. The third-order valence-corrected chi connectivity index (χ3v) is 3.35. The minimum atomic E-state index is -0.00104. The first-order chi connectivity index (χ1) is 10.2. The second-order valence-corrected chi connectivity index (χ2v) is 4.73. The summed E-state index contributed by atoms with van der Waals surface area (Å²) in [5, 5.41) is 18.4. The van der Waals surface area contributed by atoms with Crippen molar-refractivity contribution in [2.75, 3.05) is 36.9 Å². The predicted octanol–water partition coefficient (Wildman–Crippen LogP) is 0.779. The van der Waals surface area contributed by atoms with Crippen LogP contribution < -0.4 is 16.4 Å². The lowest BCUT2D eigenvalue weighted by Crippen LogP contribution is -2.30. The maximum absolute atomic E-state index is 9.21. The minimum Gasteiger partial charge on any atom is -0.472 e. The van der Waals surface area contributed by atoms with Gasteiger partial charge in [-0.1, -0.05) is 0 Å². The van der Waals surface area contributed by atoms with Crippen LogP contribution in [0.1, 0.15) is 5.56 Å². The molecule has 21 heavy (non-hydrogen) atoms. The highest BCUT2D eigenvalue weighted by atomic mass is 16.3. The lowest BCUT2D eigenvalue weighted by atomic mass is 10.0. The highest BCUT2D eigenvalue weighted by Crippen LogP contribution is 2.35. The zero-order valence-electron chi connectivity index (χ0n) is 11.8. The number of hydrogen-bond donors (Lipinski definition) is 4. The van der Waals surface area contributed by atoms with Gasteiger partial charge >= 0.3 is 0 Å². The molecular weight excluding hydrogens is 270 g/mol. The summed E-state index contributed by atoms with van der Waals surface area (Å²) in [6.07, 6.45) is 3.25. The minimum absolute atomic E-state index is 0.00104. The Bertz CT molecular complexity index is 577. The average Bonchev–Trinajstić information content (AvgIpc) is 2.95. The Morgan fingerprint density at radius 2 is 1.76 bits per heavy atom. The Hall–Kier alpha value is -2.02. The number of nitrogens with two attached hydrogens (primary N) is 2. The standard InChI is InChI=1S/C15H21N3O3/c16-8-11-9-21-10-14(11)13-7-12(17)1-2-15(13)18(3-5-19)4-6-20/h1-2,7,9-10,19-20H,3-6,8,16-17H2. The van der Waals surface area contributed by atoms with E-state index < -0.39 is 0 Å². The fraction of sp³-hybridized carbons (Fsp3) is 0.333. The fourth-order valence-corrected chi connectivity index (χ4v) is 2.36. The Morgan fingerprint density at radius 1 is 1.05 bits per heavy atom. The number of hydrogen-bond acceptors (Lipinski definition) is 6. The van der Waals surface area contributed by atoms with Gasteiger partial charge in [-0.15, -0.1) is 0 Å². The first-order valence-corrected chi connectivity index (χ1v) is 6.83. The quantitative estimate of drug-likeness (QED) is 0.561. The topological polar surface area (TPSA) is 109 Å². The molecule has 0 saturated heterocycles. The molecule has 114 valence electrons. The number of aliphatic hydroxyl groups excluding tert-OH is 2. The lowest BCUT2D eigenvalue weighted by molar-refractivity contribution is 0.281. The molecule has 0 spiro atoms. The lowest BCUT2D eigenvalue weighted by Gasteiger charge is -2.26. The number of benzene rings is 1. The van der Waals surface area contributed by atoms with Crippen molar-refractivity contribution in [3.05, 3.63) is 36.3 Å². The van der Waals surface area contributed by atoms with Crippen molar-refractivity contribution in [2.45, 2.75) is 6.54 Å². The van der Waals surface area contributed by atoms with Gasteiger partial charge in [0.25, 0.3) is 0 Å². The van der Waals surface area contributed by atoms with Crippen LogP contribution >= 0.6 is 0 Å². The van der Waals surface area contributed by atoms with Crippen LogP contribution in [0.4, 0.5) is 11.4 Å². The fourth-order valence-electron chi connectivity index (χ4n) is 2.36. The molecule has 0 aliphatic carbocycles. The Kier molecular flexibility index (Phi) is 5.21. The molecule has 6 heteroatoms. The van der Waals surface area contributed by atoms with Gasteiger partial charge in [0.2, 0.25) is 0 Å². The molecule has 0 bridgehead atoms. The molecule has 0 amide bonds. The van der Waals surface area contributed by atoms with Crippen molar-refractivity contribution in [1.29, 1.82) is 0 Å². The van der Waals surface area contributed by atoms with Gasteiger partial charge in [0.15, 0.2) is 0 Å². The van der Waals surface area contributed by atoms with Crippen molar-refractivity contribution >= 4 is 11.4 Å². The average molecular weight is 291 g/mol. The third-order valence-electron chi connectivity index (χ3n) is 3.35. The van der Waals surface area contributed by atoms with Crippen LogP contribution in [-0.2, 0) is 6.54 Å². The second-order valence-electron chi connectivity index (χ2n) is 4.73. The van der Waals surface area contributed by atoms with Gasteiger partial charge in [-0.25, -0.2) is 0 Å². The molecule has 0 unspecified atom stereocenters. The van der Waals surface area contributed by atoms with Crippen molar-refractivity contribution < 1.29 is 14.6 Å². The Morgan fingerprint density at radius 3 is 2.38 bits per heavy atom. The van der Waals surface area contributed by atoms with E-state index in [0.717, 1.165) is 22.4 Å². The predicted molar refractivity (Wildman–Crippen MR) is 82.8 cm³/mol. The van der Waals surface area contributed by atoms with E-state index in [4.69, 9.17) is 15.9 Å². The van der Waals surface area contributed by atoms with E-state index in [1.54, 1.807) is 18.6 Å². The van der Waals surface area contributed by atoms with Gasteiger partial charge in [-0.3, -0.25) is 0 Å². The molecule has 6 N–H and O–H groups in total. The summed E-state index contributed by atoms with van der Waals surface area (Å²) in [7, 11) is 0. The van der Waals surface area contributed by atoms with Crippen molar-refractivity contribution in [2.24, 2.45) is 5.73 Å². The number of furan rings is 1. The molecule has 0 aliphatic heterocycles. The molecule has 0 saturated carbocycles. The first kappa shape index (κ1) is 15.4. The van der Waals surface area contributed by atoms with Crippen molar-refractivity contribution in [3.8, 4) is 11.1 Å². The number of aliphatic hydroxyl groups is 2. The summed E-state index contributed by atoms with van der Waals surface area (Å²) in [5.41, 5.74) is 15.8. The van der Waals surface area contributed by atoms with E-state index >= 15 is 0 Å². The van der Waals surface area contributed by atoms with E-state index in [-0.39, 0.29) is 13.2 Å². The zero-order chi connectivity index (χ0) is 15.2. The SMILES string of the molecule is NCc1cocc1-c1cc(N)ccc1N(CCO)CCO. The van der Waals surface area contributed by atoms with Gasteiger partial charge in [0.05, 0.1) is 25.7 Å². The molecule has 0 aliphatic rings. The van der Waals surface area contributed by atoms with Crippen LogP contribution in [0.25, 0.3) is 11.1 Å². The van der Waals surface area contributed by atoms with Crippen LogP contribution in [0.2, 0.25) is 0 Å². The van der Waals surface area contributed by atoms with Crippen LogP contribution in [-0.4, -0.2) is 36.5 Å². The van der Waals surface area contributed by atoms with E-state index in [2.05, 4.69) is 0 Å². The second kappa shape index (κ2) is 7.12. The van der Waals surface area contributed by atoms with E-state index in [1.165, 1.54) is 0 Å². The van der Waals surface area contributed by atoms with Crippen LogP contribution in [0.5, 0.6) is 0 Å². The third kappa shape index (κ3) is 3.36. The summed E-state index contributed by atoms with van der Waals surface area (Å²) < 4.78 is 5.25. The molecule has 0 radical (unpaired) electrons. The maximum Gasteiger partial charge on any atom is 0.0985 e. The molecule has 2 rings (SSSR count). The maximum atomic E-state index is 9.21. The smallest absolute Gasteiger partial charge is 0.0985 e. The highest BCUT2D eigenvalue weighted by Gasteiger charge is 2.16. The van der Waals surface area contributed by atoms with E-state index in [0.29, 0.717) is 25.3 Å². The van der Waals surface area contributed by atoms with Crippen LogP contribution in [0.3, 0.4) is 0 Å². The number of anilines is 2. The number of nitrogens with zero attached hydrogens (tertiary/aromatic N) is 1. The molecule has 1 aromatic heterocycles. The molecule has 1 heterocycles. The molecule has 2 aromatic rings. The summed E-state index contributed by atoms with van der Waals surface area (Å²) >= 11 is 0. The van der Waals surface area contributed by atoms with Gasteiger partial charge in [-0.05, 0) is 18.2 Å².